The van der Waals surface area contributed by atoms with E-state index >= 15 is 0 Å². The van der Waals surface area contributed by atoms with Gasteiger partial charge in [-0.25, -0.2) is 4.98 Å². The minimum atomic E-state index is -0.738. The van der Waals surface area contributed by atoms with Gasteiger partial charge in [-0.2, -0.15) is 0 Å². The predicted molar refractivity (Wildman–Crippen MR) is 106 cm³/mol. The van der Waals surface area contributed by atoms with Gasteiger partial charge in [-0.05, 0) is 38.1 Å². The number of nitrogens with one attached hydrogen (secondary N) is 2. The number of benzene rings is 1. The average molecular weight is 393 g/mol. The van der Waals surface area contributed by atoms with Crippen LogP contribution in [0.15, 0.2) is 42.0 Å². The molecule has 0 spiro atoms. The summed E-state index contributed by atoms with van der Waals surface area (Å²) < 4.78 is 7.58. The minimum Gasteiger partial charge on any atom is -0.368 e. The molecule has 2 aromatic heterocycles. The topological polar surface area (TPSA) is 67.7 Å². The summed E-state index contributed by atoms with van der Waals surface area (Å²) in [5, 5.41) is 8.26. The van der Waals surface area contributed by atoms with Crippen LogP contribution < -0.4 is 10.6 Å². The van der Waals surface area contributed by atoms with E-state index in [1.165, 1.54) is 0 Å². The molecular weight excluding hydrogens is 372 g/mol. The Labute approximate surface area is 162 Å². The molecule has 3 aromatic rings. The lowest BCUT2D eigenvalue weighted by molar-refractivity contribution is -0.140. The summed E-state index contributed by atoms with van der Waals surface area (Å²) in [6.07, 6.45) is 5.36. The first kappa shape index (κ1) is 18.8. The molecule has 8 heteroatoms. The van der Waals surface area contributed by atoms with Gasteiger partial charge in [-0.1, -0.05) is 12.1 Å². The van der Waals surface area contributed by atoms with Crippen LogP contribution in [0.25, 0.3) is 16.2 Å². The number of anilines is 1. The van der Waals surface area contributed by atoms with Gasteiger partial charge in [0.1, 0.15) is 5.60 Å². The third-order valence-corrected chi connectivity index (χ3v) is 5.52. The second-order valence-electron chi connectivity index (χ2n) is 6.20. The Morgan fingerprint density at radius 3 is 2.69 bits per heavy atom. The Morgan fingerprint density at radius 1 is 1.31 bits per heavy atom. The molecule has 0 atom stereocenters. The maximum absolute atomic E-state index is 12.7. The van der Waals surface area contributed by atoms with Crippen molar-refractivity contribution in [1.29, 1.82) is 0 Å². The fourth-order valence-electron chi connectivity index (χ4n) is 3.19. The summed E-state index contributed by atoms with van der Waals surface area (Å²) in [6, 6.07) is 7.77. The summed E-state index contributed by atoms with van der Waals surface area (Å²) in [7, 11) is 1.61. The fraction of sp³-hybridized carbons (Fsp3) is 0.333. The summed E-state index contributed by atoms with van der Waals surface area (Å²) in [6.45, 7) is 1.58. The number of halogens is 1. The van der Waals surface area contributed by atoms with Crippen molar-refractivity contribution in [2.45, 2.75) is 18.4 Å². The zero-order valence-electron chi connectivity index (χ0n) is 14.4. The number of carbonyl (C=O) groups excluding carboxylic acids is 1. The first-order chi connectivity index (χ1) is 12.2. The summed E-state index contributed by atoms with van der Waals surface area (Å²) in [5.74, 6) is -0.0771. The second-order valence-corrected chi connectivity index (χ2v) is 7.07. The van der Waals surface area contributed by atoms with E-state index in [2.05, 4.69) is 15.6 Å². The van der Waals surface area contributed by atoms with Crippen LogP contribution in [0.1, 0.15) is 12.8 Å². The van der Waals surface area contributed by atoms with Crippen molar-refractivity contribution in [3.05, 3.63) is 42.0 Å². The number of imidazole rings is 1. The molecule has 6 nitrogen and oxygen atoms in total. The first-order valence-corrected chi connectivity index (χ1v) is 9.18. The fourth-order valence-corrected chi connectivity index (χ4v) is 3.89. The van der Waals surface area contributed by atoms with Gasteiger partial charge in [-0.3, -0.25) is 9.20 Å². The van der Waals surface area contributed by atoms with E-state index in [-0.39, 0.29) is 18.3 Å². The number of aromatic nitrogens is 2. The Balaban J connectivity index is 0.00000196. The number of hydrogen-bond acceptors (Lipinski definition) is 5. The lowest BCUT2D eigenvalue weighted by Crippen LogP contribution is -2.51. The molecule has 1 fully saturated rings. The third-order valence-electron chi connectivity index (χ3n) is 4.75. The predicted octanol–water partition coefficient (Wildman–Crippen LogP) is 3.19. The van der Waals surface area contributed by atoms with Crippen LogP contribution >= 0.6 is 23.7 Å². The van der Waals surface area contributed by atoms with E-state index in [0.29, 0.717) is 12.8 Å². The summed E-state index contributed by atoms with van der Waals surface area (Å²) >= 11 is 1.61. The number of piperidine rings is 1. The molecule has 0 radical (unpaired) electrons. The molecule has 0 saturated carbocycles. The van der Waals surface area contributed by atoms with Crippen molar-refractivity contribution in [2.24, 2.45) is 0 Å². The van der Waals surface area contributed by atoms with Crippen molar-refractivity contribution in [3.8, 4) is 11.3 Å². The van der Waals surface area contributed by atoms with Gasteiger partial charge in [-0.15, -0.1) is 23.7 Å². The monoisotopic (exact) mass is 392 g/mol. The Kier molecular flexibility index (Phi) is 5.62. The SMILES string of the molecule is COC1(C(=O)Nc2ccc(-c3cn4ccsc4n3)cc2)CCNCC1.Cl. The van der Waals surface area contributed by atoms with Crippen molar-refractivity contribution < 1.29 is 9.53 Å². The van der Waals surface area contributed by atoms with E-state index in [4.69, 9.17) is 4.74 Å². The highest BCUT2D eigenvalue weighted by Gasteiger charge is 2.39. The van der Waals surface area contributed by atoms with Gasteiger partial charge < -0.3 is 15.4 Å². The first-order valence-electron chi connectivity index (χ1n) is 8.30. The molecule has 0 aliphatic carbocycles. The molecule has 1 amide bonds. The molecule has 1 saturated heterocycles. The number of fused-ring (bicyclic) bond motifs is 1. The van der Waals surface area contributed by atoms with Crippen LogP contribution in [-0.4, -0.2) is 41.1 Å². The molecule has 26 heavy (non-hydrogen) atoms. The van der Waals surface area contributed by atoms with Crippen molar-refractivity contribution in [2.75, 3.05) is 25.5 Å². The van der Waals surface area contributed by atoms with Gasteiger partial charge in [0.05, 0.1) is 5.69 Å². The number of nitrogens with zero attached hydrogens (tertiary/aromatic N) is 2. The third kappa shape index (κ3) is 3.48. The number of methoxy groups -OCH3 is 1. The van der Waals surface area contributed by atoms with E-state index < -0.39 is 5.60 Å². The Morgan fingerprint density at radius 2 is 2.04 bits per heavy atom. The van der Waals surface area contributed by atoms with Gasteiger partial charge in [0, 0.05) is 36.1 Å². The second kappa shape index (κ2) is 7.75. The minimum absolute atomic E-state index is 0. The van der Waals surface area contributed by atoms with Gasteiger partial charge >= 0.3 is 0 Å². The van der Waals surface area contributed by atoms with Crippen LogP contribution in [-0.2, 0) is 9.53 Å². The van der Waals surface area contributed by atoms with Crippen molar-refractivity contribution in [3.63, 3.8) is 0 Å². The maximum Gasteiger partial charge on any atom is 0.256 e. The smallest absolute Gasteiger partial charge is 0.256 e. The zero-order valence-corrected chi connectivity index (χ0v) is 16.0. The molecular formula is C18H21ClN4O2S. The van der Waals surface area contributed by atoms with Gasteiger partial charge in [0.15, 0.2) is 4.96 Å². The van der Waals surface area contributed by atoms with E-state index in [1.807, 2.05) is 46.4 Å². The Bertz CT molecular complexity index is 856. The number of rotatable bonds is 4. The number of amides is 1. The molecule has 4 rings (SSSR count). The standard InChI is InChI=1S/C18H20N4O2S.ClH/c1-24-18(6-8-19-9-7-18)16(23)20-14-4-2-13(3-5-14)15-12-22-10-11-25-17(22)21-15;/h2-5,10-12,19H,6-9H2,1H3,(H,20,23);1H. The lowest BCUT2D eigenvalue weighted by atomic mass is 9.91. The highest BCUT2D eigenvalue weighted by atomic mass is 35.5. The van der Waals surface area contributed by atoms with Gasteiger partial charge in [0.25, 0.3) is 5.91 Å². The molecule has 1 aromatic carbocycles. The molecule has 0 bridgehead atoms. The largest absolute Gasteiger partial charge is 0.368 e. The molecule has 138 valence electrons. The number of carbonyl (C=O) groups is 1. The van der Waals surface area contributed by atoms with Crippen LogP contribution in [0.4, 0.5) is 5.69 Å². The van der Waals surface area contributed by atoms with Crippen LogP contribution in [0.3, 0.4) is 0 Å². The molecule has 1 aliphatic heterocycles. The van der Waals surface area contributed by atoms with E-state index in [0.717, 1.165) is 35.0 Å². The van der Waals surface area contributed by atoms with Crippen LogP contribution in [0, 0.1) is 0 Å². The van der Waals surface area contributed by atoms with E-state index in [9.17, 15) is 4.79 Å². The number of ether oxygens (including phenoxy) is 1. The normalized spacial score (nSPS) is 16.2. The van der Waals surface area contributed by atoms with E-state index in [1.54, 1.807) is 18.4 Å². The highest BCUT2D eigenvalue weighted by molar-refractivity contribution is 7.15. The summed E-state index contributed by atoms with van der Waals surface area (Å²) in [4.78, 5) is 18.3. The average Bonchev–Trinajstić information content (AvgIpc) is 3.25. The van der Waals surface area contributed by atoms with Gasteiger partial charge in [0.2, 0.25) is 0 Å². The van der Waals surface area contributed by atoms with Crippen LogP contribution in [0.2, 0.25) is 0 Å². The number of hydrogen-bond donors (Lipinski definition) is 2. The summed E-state index contributed by atoms with van der Waals surface area (Å²) in [5.41, 5.74) is 1.98. The molecule has 1 aliphatic rings. The quantitative estimate of drug-likeness (QED) is 0.715. The van der Waals surface area contributed by atoms with Crippen molar-refractivity contribution in [1.82, 2.24) is 14.7 Å². The molecule has 0 unspecified atom stereocenters. The van der Waals surface area contributed by atoms with Crippen LogP contribution in [0.5, 0.6) is 0 Å². The molecule has 3 heterocycles. The maximum atomic E-state index is 12.7. The number of thiazole rings is 1. The molecule has 2 N–H and O–H groups in total. The van der Waals surface area contributed by atoms with Crippen molar-refractivity contribution >= 4 is 40.3 Å². The zero-order chi connectivity index (χ0) is 17.3. The highest BCUT2D eigenvalue weighted by Crippen LogP contribution is 2.26. The lowest BCUT2D eigenvalue weighted by Gasteiger charge is -2.34. The Hall–Kier alpha value is -1.93.